The molecule has 0 fully saturated rings. The molecule has 3 nitrogen and oxygen atoms in total. The Kier molecular flexibility index (Phi) is 2.78. The van der Waals surface area contributed by atoms with Crippen LogP contribution in [0.25, 0.3) is 5.69 Å². The molecule has 1 aromatic carbocycles. The molecule has 1 aromatic heterocycles. The fourth-order valence-electron chi connectivity index (χ4n) is 1.36. The van der Waals surface area contributed by atoms with Gasteiger partial charge in [0, 0.05) is 16.4 Å². The van der Waals surface area contributed by atoms with E-state index in [4.69, 9.17) is 5.73 Å². The summed E-state index contributed by atoms with van der Waals surface area (Å²) in [4.78, 5) is 11.7. The molecule has 5 heteroatoms. The third-order valence-corrected chi connectivity index (χ3v) is 2.55. The monoisotopic (exact) mass is 282 g/mol. The van der Waals surface area contributed by atoms with Crippen molar-refractivity contribution in [2.24, 2.45) is 0 Å². The molecule has 0 saturated heterocycles. The molecule has 0 radical (unpaired) electrons. The minimum atomic E-state index is -0.347. The molecule has 0 unspecified atom stereocenters. The van der Waals surface area contributed by atoms with Gasteiger partial charge in [-0.25, -0.2) is 4.39 Å². The molecule has 1 heterocycles. The van der Waals surface area contributed by atoms with Crippen molar-refractivity contribution in [2.45, 2.75) is 0 Å². The normalized spacial score (nSPS) is 10.4. The van der Waals surface area contributed by atoms with Gasteiger partial charge in [-0.1, -0.05) is 0 Å². The maximum Gasteiger partial charge on any atom is 0.278 e. The summed E-state index contributed by atoms with van der Waals surface area (Å²) in [6.45, 7) is 0. The summed E-state index contributed by atoms with van der Waals surface area (Å²) in [6, 6.07) is 7.14. The third-order valence-electron chi connectivity index (χ3n) is 2.12. The summed E-state index contributed by atoms with van der Waals surface area (Å²) in [5.41, 5.74) is 5.93. The Labute approximate surface area is 99.5 Å². The predicted molar refractivity (Wildman–Crippen MR) is 64.1 cm³/mol. The van der Waals surface area contributed by atoms with E-state index in [1.165, 1.54) is 34.9 Å². The molecule has 0 spiro atoms. The van der Waals surface area contributed by atoms with Crippen LogP contribution in [0.3, 0.4) is 0 Å². The van der Waals surface area contributed by atoms with Crippen LogP contribution in [0.4, 0.5) is 10.1 Å². The molecule has 82 valence electrons. The average Bonchev–Trinajstić information content (AvgIpc) is 2.25. The highest BCUT2D eigenvalue weighted by Crippen LogP contribution is 2.14. The van der Waals surface area contributed by atoms with Crippen LogP contribution in [0.5, 0.6) is 0 Å². The number of pyridine rings is 1. The lowest BCUT2D eigenvalue weighted by Gasteiger charge is -2.07. The minimum absolute atomic E-state index is 0.138. The molecule has 16 heavy (non-hydrogen) atoms. The van der Waals surface area contributed by atoms with Crippen molar-refractivity contribution in [1.29, 1.82) is 0 Å². The number of nitrogens with zero attached hydrogens (tertiary/aromatic N) is 1. The SMILES string of the molecule is Nc1cc(Br)cn(-c2ccc(F)cc2)c1=O. The molecule has 0 aliphatic heterocycles. The summed E-state index contributed by atoms with van der Waals surface area (Å²) in [5.74, 6) is -0.347. The highest BCUT2D eigenvalue weighted by atomic mass is 79.9. The van der Waals surface area contributed by atoms with Gasteiger partial charge in [-0.2, -0.15) is 0 Å². The highest BCUT2D eigenvalue weighted by molar-refractivity contribution is 9.10. The smallest absolute Gasteiger partial charge is 0.278 e. The number of nitrogens with two attached hydrogens (primary N) is 1. The van der Waals surface area contributed by atoms with Crippen molar-refractivity contribution in [3.05, 3.63) is 57.2 Å². The van der Waals surface area contributed by atoms with E-state index in [1.807, 2.05) is 0 Å². The zero-order valence-electron chi connectivity index (χ0n) is 8.15. The van der Waals surface area contributed by atoms with Gasteiger partial charge in [-0.3, -0.25) is 9.36 Å². The second kappa shape index (κ2) is 4.09. The van der Waals surface area contributed by atoms with Gasteiger partial charge in [-0.05, 0) is 46.3 Å². The Morgan fingerprint density at radius 1 is 1.25 bits per heavy atom. The van der Waals surface area contributed by atoms with Crippen molar-refractivity contribution < 1.29 is 4.39 Å². The van der Waals surface area contributed by atoms with Crippen LogP contribution in [-0.2, 0) is 0 Å². The first kappa shape index (κ1) is 10.9. The van der Waals surface area contributed by atoms with E-state index in [9.17, 15) is 9.18 Å². The average molecular weight is 283 g/mol. The standard InChI is InChI=1S/C11H8BrFN2O/c12-7-5-10(14)11(16)15(6-7)9-3-1-8(13)2-4-9/h1-6H,14H2. The zero-order valence-corrected chi connectivity index (χ0v) is 9.74. The van der Waals surface area contributed by atoms with Crippen molar-refractivity contribution in [3.63, 3.8) is 0 Å². The number of hydrogen-bond acceptors (Lipinski definition) is 2. The number of halogens is 2. The lowest BCUT2D eigenvalue weighted by molar-refractivity contribution is 0.627. The Balaban J connectivity index is 2.64. The van der Waals surface area contributed by atoms with Crippen LogP contribution in [0.2, 0.25) is 0 Å². The third kappa shape index (κ3) is 1.99. The van der Waals surface area contributed by atoms with E-state index in [-0.39, 0.29) is 17.1 Å². The van der Waals surface area contributed by atoms with Crippen LogP contribution in [0.1, 0.15) is 0 Å². The highest BCUT2D eigenvalue weighted by Gasteiger charge is 2.04. The van der Waals surface area contributed by atoms with Gasteiger partial charge in [0.2, 0.25) is 0 Å². The first-order valence-corrected chi connectivity index (χ1v) is 5.31. The number of benzene rings is 1. The maximum atomic E-state index is 12.7. The van der Waals surface area contributed by atoms with Crippen LogP contribution in [0, 0.1) is 5.82 Å². The Morgan fingerprint density at radius 3 is 2.50 bits per heavy atom. The number of rotatable bonds is 1. The molecule has 0 saturated carbocycles. The first-order valence-electron chi connectivity index (χ1n) is 4.51. The Bertz CT molecular complexity index is 578. The Hall–Kier alpha value is -1.62. The van der Waals surface area contributed by atoms with Gasteiger partial charge < -0.3 is 5.73 Å². The second-order valence-corrected chi connectivity index (χ2v) is 4.18. The van der Waals surface area contributed by atoms with Crippen molar-refractivity contribution in [3.8, 4) is 5.69 Å². The molecule has 2 N–H and O–H groups in total. The fourth-order valence-corrected chi connectivity index (χ4v) is 1.81. The van der Waals surface area contributed by atoms with Gasteiger partial charge >= 0.3 is 0 Å². The van der Waals surface area contributed by atoms with Gasteiger partial charge in [0.15, 0.2) is 0 Å². The summed E-state index contributed by atoms with van der Waals surface area (Å²) < 4.78 is 14.8. The van der Waals surface area contributed by atoms with E-state index >= 15 is 0 Å². The molecule has 0 amide bonds. The van der Waals surface area contributed by atoms with Gasteiger partial charge in [0.05, 0.1) is 5.69 Å². The van der Waals surface area contributed by atoms with Crippen molar-refractivity contribution in [2.75, 3.05) is 5.73 Å². The zero-order chi connectivity index (χ0) is 11.7. The number of nitrogen functional groups attached to an aromatic ring is 1. The lowest BCUT2D eigenvalue weighted by atomic mass is 10.3. The Morgan fingerprint density at radius 2 is 1.88 bits per heavy atom. The summed E-state index contributed by atoms with van der Waals surface area (Å²) >= 11 is 3.25. The van der Waals surface area contributed by atoms with E-state index in [2.05, 4.69) is 15.9 Å². The lowest BCUT2D eigenvalue weighted by Crippen LogP contribution is -2.20. The van der Waals surface area contributed by atoms with Crippen LogP contribution in [0.15, 0.2) is 45.8 Å². The quantitative estimate of drug-likeness (QED) is 0.873. The van der Waals surface area contributed by atoms with Gasteiger partial charge in [0.25, 0.3) is 5.56 Å². The molecule has 2 aromatic rings. The van der Waals surface area contributed by atoms with Gasteiger partial charge in [0.1, 0.15) is 5.82 Å². The van der Waals surface area contributed by atoms with E-state index in [0.717, 1.165) is 0 Å². The fraction of sp³-hybridized carbons (Fsp3) is 0. The minimum Gasteiger partial charge on any atom is -0.394 e. The largest absolute Gasteiger partial charge is 0.394 e. The second-order valence-electron chi connectivity index (χ2n) is 3.27. The summed E-state index contributed by atoms with van der Waals surface area (Å²) in [7, 11) is 0. The van der Waals surface area contributed by atoms with Crippen LogP contribution >= 0.6 is 15.9 Å². The van der Waals surface area contributed by atoms with Crippen LogP contribution < -0.4 is 11.3 Å². The summed E-state index contributed by atoms with van der Waals surface area (Å²) in [5, 5.41) is 0. The molecular formula is C11H8BrFN2O. The number of hydrogen-bond donors (Lipinski definition) is 1. The maximum absolute atomic E-state index is 12.7. The molecule has 0 aliphatic rings. The molecular weight excluding hydrogens is 275 g/mol. The molecule has 0 aliphatic carbocycles. The molecule has 2 rings (SSSR count). The van der Waals surface area contributed by atoms with E-state index in [0.29, 0.717) is 10.2 Å². The van der Waals surface area contributed by atoms with Gasteiger partial charge in [-0.15, -0.1) is 0 Å². The van der Waals surface area contributed by atoms with Crippen molar-refractivity contribution in [1.82, 2.24) is 4.57 Å². The topological polar surface area (TPSA) is 48.0 Å². The van der Waals surface area contributed by atoms with E-state index < -0.39 is 0 Å². The molecule has 0 atom stereocenters. The van der Waals surface area contributed by atoms with Crippen molar-refractivity contribution >= 4 is 21.6 Å². The number of anilines is 1. The molecule has 0 bridgehead atoms. The number of aromatic nitrogens is 1. The summed E-state index contributed by atoms with van der Waals surface area (Å²) in [6.07, 6.45) is 1.59. The van der Waals surface area contributed by atoms with Crippen LogP contribution in [-0.4, -0.2) is 4.57 Å². The first-order chi connectivity index (χ1) is 7.58. The predicted octanol–water partition coefficient (Wildman–Crippen LogP) is 2.32. The van der Waals surface area contributed by atoms with E-state index in [1.54, 1.807) is 6.20 Å².